The Morgan fingerprint density at radius 3 is 2.65 bits per heavy atom. The third kappa shape index (κ3) is 4.38. The molecule has 2 N–H and O–H groups in total. The van der Waals surface area contributed by atoms with Gasteiger partial charge in [-0.25, -0.2) is 9.18 Å². The first-order valence-corrected chi connectivity index (χ1v) is 4.99. The van der Waals surface area contributed by atoms with E-state index in [9.17, 15) is 9.18 Å². The zero-order valence-electron chi connectivity index (χ0n) is 9.06. The quantitative estimate of drug-likeness (QED) is 0.697. The van der Waals surface area contributed by atoms with Gasteiger partial charge in [-0.05, 0) is 12.1 Å². The first-order chi connectivity index (χ1) is 8.15. The fraction of sp³-hybridized carbons (Fsp3) is 0.364. The zero-order chi connectivity index (χ0) is 12.7. The Kier molecular flexibility index (Phi) is 5.38. The van der Waals surface area contributed by atoms with Crippen LogP contribution in [-0.4, -0.2) is 42.6 Å². The molecule has 0 atom stereocenters. The minimum Gasteiger partial charge on any atom is -0.491 e. The fourth-order valence-electron chi connectivity index (χ4n) is 1.14. The van der Waals surface area contributed by atoms with Crippen molar-refractivity contribution in [2.45, 2.75) is 0 Å². The summed E-state index contributed by atoms with van der Waals surface area (Å²) in [6.07, 6.45) is 0. The number of carboxylic acid groups (broad SMARTS) is 1. The summed E-state index contributed by atoms with van der Waals surface area (Å²) in [5.41, 5.74) is -0.395. The lowest BCUT2D eigenvalue weighted by molar-refractivity contribution is 0.0689. The molecule has 0 radical (unpaired) electrons. The van der Waals surface area contributed by atoms with Crippen LogP contribution in [0.5, 0.6) is 5.75 Å². The Labute approximate surface area is 97.4 Å². The molecule has 0 fully saturated rings. The minimum atomic E-state index is -1.32. The second-order valence-electron chi connectivity index (χ2n) is 3.13. The average Bonchev–Trinajstić information content (AvgIpc) is 2.28. The number of carboxylic acids is 1. The van der Waals surface area contributed by atoms with Crippen molar-refractivity contribution in [3.63, 3.8) is 0 Å². The van der Waals surface area contributed by atoms with Gasteiger partial charge in [-0.1, -0.05) is 0 Å². The molecule has 0 aliphatic rings. The topological polar surface area (TPSA) is 76.0 Å². The van der Waals surface area contributed by atoms with Crippen LogP contribution in [0.2, 0.25) is 0 Å². The van der Waals surface area contributed by atoms with Gasteiger partial charge in [-0.2, -0.15) is 0 Å². The Bertz CT molecular complexity index is 380. The lowest BCUT2D eigenvalue weighted by Crippen LogP contribution is -2.09. The van der Waals surface area contributed by atoms with Gasteiger partial charge in [0.05, 0.1) is 25.4 Å². The molecule has 0 aliphatic heterocycles. The van der Waals surface area contributed by atoms with Crippen LogP contribution in [-0.2, 0) is 4.74 Å². The number of ether oxygens (including phenoxy) is 2. The Morgan fingerprint density at radius 2 is 2.06 bits per heavy atom. The van der Waals surface area contributed by atoms with Gasteiger partial charge in [0.1, 0.15) is 18.2 Å². The number of halogens is 1. The SMILES string of the molecule is O=C(O)c1ccc(OCCOCCO)cc1F. The molecule has 0 bridgehead atoms. The van der Waals surface area contributed by atoms with Crippen LogP contribution in [0.3, 0.4) is 0 Å². The number of hydrogen-bond donors (Lipinski definition) is 2. The van der Waals surface area contributed by atoms with Crippen LogP contribution in [0.25, 0.3) is 0 Å². The maximum absolute atomic E-state index is 13.2. The molecule has 0 heterocycles. The maximum atomic E-state index is 13.2. The molecule has 0 saturated carbocycles. The standard InChI is InChI=1S/C11H13FO5/c12-10-7-8(1-2-9(10)11(14)15)17-6-5-16-4-3-13/h1-2,7,13H,3-6H2,(H,14,15). The molecular weight excluding hydrogens is 231 g/mol. The molecular formula is C11H13FO5. The summed E-state index contributed by atoms with van der Waals surface area (Å²) in [6.45, 7) is 0.617. The summed E-state index contributed by atoms with van der Waals surface area (Å²) in [7, 11) is 0. The van der Waals surface area contributed by atoms with E-state index in [2.05, 4.69) is 0 Å². The number of hydrogen-bond acceptors (Lipinski definition) is 4. The molecule has 6 heteroatoms. The zero-order valence-corrected chi connectivity index (χ0v) is 9.06. The number of carbonyl (C=O) groups is 1. The van der Waals surface area contributed by atoms with E-state index in [0.717, 1.165) is 12.1 Å². The maximum Gasteiger partial charge on any atom is 0.338 e. The summed E-state index contributed by atoms with van der Waals surface area (Å²) < 4.78 is 23.3. The Hall–Kier alpha value is -1.66. The van der Waals surface area contributed by atoms with E-state index in [1.807, 2.05) is 0 Å². The summed E-state index contributed by atoms with van der Waals surface area (Å²) in [6, 6.07) is 3.52. The highest BCUT2D eigenvalue weighted by Gasteiger charge is 2.10. The van der Waals surface area contributed by atoms with Crippen LogP contribution in [0, 0.1) is 5.82 Å². The monoisotopic (exact) mass is 244 g/mol. The smallest absolute Gasteiger partial charge is 0.338 e. The van der Waals surface area contributed by atoms with E-state index < -0.39 is 17.3 Å². The molecule has 0 aromatic heterocycles. The Morgan fingerprint density at radius 1 is 1.29 bits per heavy atom. The normalized spacial score (nSPS) is 10.2. The molecule has 17 heavy (non-hydrogen) atoms. The highest BCUT2D eigenvalue weighted by atomic mass is 19.1. The Balaban J connectivity index is 2.45. The second kappa shape index (κ2) is 6.82. The van der Waals surface area contributed by atoms with E-state index in [1.54, 1.807) is 0 Å². The molecule has 0 spiro atoms. The van der Waals surface area contributed by atoms with Gasteiger partial charge < -0.3 is 19.7 Å². The minimum absolute atomic E-state index is 0.0675. The lowest BCUT2D eigenvalue weighted by atomic mass is 10.2. The second-order valence-corrected chi connectivity index (χ2v) is 3.13. The first-order valence-electron chi connectivity index (χ1n) is 4.99. The average molecular weight is 244 g/mol. The van der Waals surface area contributed by atoms with Crippen molar-refractivity contribution in [3.8, 4) is 5.75 Å². The molecule has 1 aromatic rings. The first kappa shape index (κ1) is 13.4. The summed E-state index contributed by atoms with van der Waals surface area (Å²) >= 11 is 0. The van der Waals surface area contributed by atoms with Crippen LogP contribution < -0.4 is 4.74 Å². The predicted molar refractivity (Wildman–Crippen MR) is 56.8 cm³/mol. The highest BCUT2D eigenvalue weighted by Crippen LogP contribution is 2.16. The van der Waals surface area contributed by atoms with Crippen molar-refractivity contribution in [1.82, 2.24) is 0 Å². The van der Waals surface area contributed by atoms with E-state index >= 15 is 0 Å². The number of aliphatic hydroxyl groups excluding tert-OH is 1. The molecule has 94 valence electrons. The largest absolute Gasteiger partial charge is 0.491 e. The third-order valence-corrected chi connectivity index (χ3v) is 1.90. The van der Waals surface area contributed by atoms with Crippen molar-refractivity contribution < 1.29 is 28.9 Å². The number of aromatic carboxylic acids is 1. The molecule has 1 rings (SSSR count). The van der Waals surface area contributed by atoms with Gasteiger partial charge in [-0.3, -0.25) is 0 Å². The van der Waals surface area contributed by atoms with Crippen LogP contribution >= 0.6 is 0 Å². The summed E-state index contributed by atoms with van der Waals surface area (Å²) in [4.78, 5) is 10.5. The molecule has 0 unspecified atom stereocenters. The van der Waals surface area contributed by atoms with Crippen LogP contribution in [0.15, 0.2) is 18.2 Å². The van der Waals surface area contributed by atoms with Crippen LogP contribution in [0.1, 0.15) is 10.4 Å². The van der Waals surface area contributed by atoms with E-state index in [0.29, 0.717) is 0 Å². The molecule has 0 aliphatic carbocycles. The van der Waals surface area contributed by atoms with Gasteiger partial charge >= 0.3 is 5.97 Å². The fourth-order valence-corrected chi connectivity index (χ4v) is 1.14. The van der Waals surface area contributed by atoms with Crippen molar-refractivity contribution in [1.29, 1.82) is 0 Å². The van der Waals surface area contributed by atoms with E-state index in [-0.39, 0.29) is 32.2 Å². The van der Waals surface area contributed by atoms with Crippen molar-refractivity contribution >= 4 is 5.97 Å². The summed E-state index contributed by atoms with van der Waals surface area (Å²) in [5.74, 6) is -1.92. The molecule has 0 amide bonds. The van der Waals surface area contributed by atoms with Gasteiger partial charge in [0.25, 0.3) is 0 Å². The predicted octanol–water partition coefficient (Wildman–Crippen LogP) is 0.912. The number of aliphatic hydroxyl groups is 1. The van der Waals surface area contributed by atoms with Gasteiger partial charge in [0.2, 0.25) is 0 Å². The van der Waals surface area contributed by atoms with Gasteiger partial charge in [-0.15, -0.1) is 0 Å². The van der Waals surface area contributed by atoms with Gasteiger partial charge in [0.15, 0.2) is 0 Å². The molecule has 1 aromatic carbocycles. The number of benzene rings is 1. The van der Waals surface area contributed by atoms with E-state index in [4.69, 9.17) is 19.7 Å². The van der Waals surface area contributed by atoms with Crippen molar-refractivity contribution in [2.75, 3.05) is 26.4 Å². The van der Waals surface area contributed by atoms with E-state index in [1.165, 1.54) is 6.07 Å². The number of rotatable bonds is 7. The third-order valence-electron chi connectivity index (χ3n) is 1.90. The lowest BCUT2D eigenvalue weighted by Gasteiger charge is -2.07. The van der Waals surface area contributed by atoms with Crippen molar-refractivity contribution in [3.05, 3.63) is 29.6 Å². The molecule has 5 nitrogen and oxygen atoms in total. The summed E-state index contributed by atoms with van der Waals surface area (Å²) in [5, 5.41) is 17.0. The molecule has 0 saturated heterocycles. The highest BCUT2D eigenvalue weighted by molar-refractivity contribution is 5.88. The van der Waals surface area contributed by atoms with Crippen LogP contribution in [0.4, 0.5) is 4.39 Å². The van der Waals surface area contributed by atoms with Crippen molar-refractivity contribution in [2.24, 2.45) is 0 Å². The van der Waals surface area contributed by atoms with Gasteiger partial charge in [0, 0.05) is 6.07 Å².